The Hall–Kier alpha value is -2.16. The van der Waals surface area contributed by atoms with Crippen molar-refractivity contribution >= 4 is 45.0 Å². The van der Waals surface area contributed by atoms with E-state index in [1.807, 2.05) is 18.2 Å². The fourth-order valence-electron chi connectivity index (χ4n) is 3.54. The van der Waals surface area contributed by atoms with E-state index in [9.17, 15) is 4.79 Å². The van der Waals surface area contributed by atoms with Crippen LogP contribution < -0.4 is 11.1 Å². The Kier molecular flexibility index (Phi) is 6.26. The molecule has 4 rings (SSSR count). The molecule has 1 atom stereocenters. The Morgan fingerprint density at radius 2 is 2.13 bits per heavy atom. The lowest BCUT2D eigenvalue weighted by Crippen LogP contribution is -2.33. The van der Waals surface area contributed by atoms with Crippen LogP contribution in [0.5, 0.6) is 0 Å². The van der Waals surface area contributed by atoms with E-state index in [0.29, 0.717) is 24.1 Å². The Morgan fingerprint density at radius 1 is 1.33 bits per heavy atom. The maximum Gasteiger partial charge on any atom is 0.230 e. The highest BCUT2D eigenvalue weighted by Crippen LogP contribution is 2.41. The standard InChI is InChI=1S/C22H26N4O2S2/c1-3-22(2)11-15-16(12-28-22)30-20-18(15)19(23)25-21(26-20)29-13-17(27)24-10-9-14-7-5-4-6-8-14/h4-8H,3,9-13H2,1-2H3,(H,24,27)(H2,23,25,26). The molecule has 1 aliphatic rings. The predicted octanol–water partition coefficient (Wildman–Crippen LogP) is 3.97. The highest BCUT2D eigenvalue weighted by Gasteiger charge is 2.33. The zero-order valence-electron chi connectivity index (χ0n) is 17.2. The van der Waals surface area contributed by atoms with Crippen LogP contribution in [0.4, 0.5) is 5.82 Å². The van der Waals surface area contributed by atoms with E-state index in [0.717, 1.165) is 29.5 Å². The van der Waals surface area contributed by atoms with Crippen molar-refractivity contribution < 1.29 is 9.53 Å². The van der Waals surface area contributed by atoms with Crippen molar-refractivity contribution in [2.75, 3.05) is 18.0 Å². The number of carbonyl (C=O) groups excluding carboxylic acids is 1. The lowest BCUT2D eigenvalue weighted by molar-refractivity contribution is -0.118. The Bertz CT molecular complexity index is 1050. The molecule has 30 heavy (non-hydrogen) atoms. The molecule has 6 nitrogen and oxygen atoms in total. The van der Waals surface area contributed by atoms with Gasteiger partial charge in [0.05, 0.1) is 23.3 Å². The maximum absolute atomic E-state index is 12.2. The Morgan fingerprint density at radius 3 is 2.90 bits per heavy atom. The number of nitrogens with one attached hydrogen (secondary N) is 1. The zero-order chi connectivity index (χ0) is 21.1. The van der Waals surface area contributed by atoms with Gasteiger partial charge < -0.3 is 15.8 Å². The first-order chi connectivity index (χ1) is 14.5. The number of thiophene rings is 1. The van der Waals surface area contributed by atoms with Gasteiger partial charge in [0.1, 0.15) is 10.6 Å². The third-order valence-corrected chi connectivity index (χ3v) is 7.45. The van der Waals surface area contributed by atoms with E-state index in [4.69, 9.17) is 10.5 Å². The van der Waals surface area contributed by atoms with Crippen molar-refractivity contribution in [3.8, 4) is 0 Å². The maximum atomic E-state index is 12.2. The monoisotopic (exact) mass is 442 g/mol. The molecule has 1 aliphatic heterocycles. The van der Waals surface area contributed by atoms with Crippen molar-refractivity contribution in [1.82, 2.24) is 15.3 Å². The number of thioether (sulfide) groups is 1. The molecule has 0 aliphatic carbocycles. The van der Waals surface area contributed by atoms with Gasteiger partial charge in [-0.3, -0.25) is 4.79 Å². The van der Waals surface area contributed by atoms with Gasteiger partial charge in [-0.1, -0.05) is 49.0 Å². The molecule has 2 aromatic heterocycles. The second-order valence-corrected chi connectivity index (χ2v) is 9.74. The van der Waals surface area contributed by atoms with Gasteiger partial charge in [-0.15, -0.1) is 11.3 Å². The number of rotatable bonds is 7. The largest absolute Gasteiger partial charge is 0.383 e. The number of amides is 1. The van der Waals surface area contributed by atoms with E-state index in [2.05, 4.69) is 41.3 Å². The van der Waals surface area contributed by atoms with E-state index in [-0.39, 0.29) is 17.3 Å². The lowest BCUT2D eigenvalue weighted by atomic mass is 9.90. The summed E-state index contributed by atoms with van der Waals surface area (Å²) in [4.78, 5) is 23.4. The normalized spacial score (nSPS) is 18.3. The van der Waals surface area contributed by atoms with Gasteiger partial charge in [-0.2, -0.15) is 0 Å². The third-order valence-electron chi connectivity index (χ3n) is 5.50. The average molecular weight is 443 g/mol. The van der Waals surface area contributed by atoms with Crippen molar-refractivity contribution in [3.63, 3.8) is 0 Å². The molecular weight excluding hydrogens is 416 g/mol. The number of benzene rings is 1. The van der Waals surface area contributed by atoms with Crippen LogP contribution in [0, 0.1) is 0 Å². The molecule has 0 bridgehead atoms. The van der Waals surface area contributed by atoms with Crippen molar-refractivity contribution in [3.05, 3.63) is 46.3 Å². The van der Waals surface area contributed by atoms with Gasteiger partial charge in [0.2, 0.25) is 5.91 Å². The molecule has 3 aromatic rings. The Labute approximate surface area is 184 Å². The minimum Gasteiger partial charge on any atom is -0.383 e. The summed E-state index contributed by atoms with van der Waals surface area (Å²) in [5.74, 6) is 0.725. The summed E-state index contributed by atoms with van der Waals surface area (Å²) in [5, 5.41) is 4.44. The predicted molar refractivity (Wildman–Crippen MR) is 123 cm³/mol. The first-order valence-corrected chi connectivity index (χ1v) is 11.9. The number of hydrogen-bond acceptors (Lipinski definition) is 7. The highest BCUT2D eigenvalue weighted by atomic mass is 32.2. The number of carbonyl (C=O) groups is 1. The van der Waals surface area contributed by atoms with Crippen molar-refractivity contribution in [2.45, 2.75) is 50.5 Å². The average Bonchev–Trinajstić information content (AvgIpc) is 3.11. The minimum absolute atomic E-state index is 0.0317. The van der Waals surface area contributed by atoms with Crippen LogP contribution in [0.15, 0.2) is 35.5 Å². The molecule has 0 spiro atoms. The molecule has 0 saturated carbocycles. The van der Waals surface area contributed by atoms with Crippen LogP contribution >= 0.6 is 23.1 Å². The summed E-state index contributed by atoms with van der Waals surface area (Å²) in [7, 11) is 0. The minimum atomic E-state index is -0.168. The SMILES string of the molecule is CCC1(C)Cc2c(sc3nc(SCC(=O)NCCc4ccccc4)nc(N)c23)CO1. The summed E-state index contributed by atoms with van der Waals surface area (Å²) in [6.45, 7) is 5.47. The summed E-state index contributed by atoms with van der Waals surface area (Å²) in [6, 6.07) is 10.1. The molecule has 1 unspecified atom stereocenters. The molecule has 3 heterocycles. The van der Waals surface area contributed by atoms with Crippen molar-refractivity contribution in [2.24, 2.45) is 0 Å². The lowest BCUT2D eigenvalue weighted by Gasteiger charge is -2.33. The number of nitrogen functional groups attached to an aromatic ring is 1. The van der Waals surface area contributed by atoms with E-state index < -0.39 is 0 Å². The van der Waals surface area contributed by atoms with Gasteiger partial charge in [-0.25, -0.2) is 9.97 Å². The van der Waals surface area contributed by atoms with Gasteiger partial charge in [0.25, 0.3) is 0 Å². The summed E-state index contributed by atoms with van der Waals surface area (Å²) >= 11 is 2.93. The Balaban J connectivity index is 1.39. The topological polar surface area (TPSA) is 90.1 Å². The molecule has 3 N–H and O–H groups in total. The quantitative estimate of drug-likeness (QED) is 0.425. The number of ether oxygens (including phenoxy) is 1. The van der Waals surface area contributed by atoms with E-state index in [1.54, 1.807) is 11.3 Å². The summed E-state index contributed by atoms with van der Waals surface area (Å²) < 4.78 is 6.05. The molecule has 0 fully saturated rings. The number of nitrogens with zero attached hydrogens (tertiary/aromatic N) is 2. The summed E-state index contributed by atoms with van der Waals surface area (Å²) in [6.07, 6.45) is 2.58. The number of hydrogen-bond donors (Lipinski definition) is 2. The molecular formula is C22H26N4O2S2. The fourth-order valence-corrected chi connectivity index (χ4v) is 5.39. The van der Waals surface area contributed by atoms with Gasteiger partial charge in [0, 0.05) is 17.8 Å². The smallest absolute Gasteiger partial charge is 0.230 e. The van der Waals surface area contributed by atoms with Crippen LogP contribution in [-0.2, 0) is 29.0 Å². The van der Waals surface area contributed by atoms with Crippen LogP contribution in [0.2, 0.25) is 0 Å². The molecule has 0 saturated heterocycles. The van der Waals surface area contributed by atoms with E-state index >= 15 is 0 Å². The van der Waals surface area contributed by atoms with Crippen molar-refractivity contribution in [1.29, 1.82) is 0 Å². The summed E-state index contributed by atoms with van der Waals surface area (Å²) in [5.41, 5.74) is 8.57. The highest BCUT2D eigenvalue weighted by molar-refractivity contribution is 7.99. The zero-order valence-corrected chi connectivity index (χ0v) is 18.9. The first-order valence-electron chi connectivity index (χ1n) is 10.1. The third kappa shape index (κ3) is 4.61. The number of anilines is 1. The molecule has 0 radical (unpaired) electrons. The second kappa shape index (κ2) is 8.91. The van der Waals surface area contributed by atoms with Crippen LogP contribution in [0.25, 0.3) is 10.2 Å². The van der Waals surface area contributed by atoms with Gasteiger partial charge in [-0.05, 0) is 30.9 Å². The van der Waals surface area contributed by atoms with Crippen LogP contribution in [0.3, 0.4) is 0 Å². The molecule has 1 aromatic carbocycles. The molecule has 158 valence electrons. The fraction of sp³-hybridized carbons (Fsp3) is 0.409. The van der Waals surface area contributed by atoms with Gasteiger partial charge in [0.15, 0.2) is 5.16 Å². The number of aromatic nitrogens is 2. The van der Waals surface area contributed by atoms with Crippen LogP contribution in [0.1, 0.15) is 36.3 Å². The molecule has 1 amide bonds. The van der Waals surface area contributed by atoms with E-state index in [1.165, 1.54) is 27.8 Å². The molecule has 8 heteroatoms. The second-order valence-electron chi connectivity index (χ2n) is 7.72. The number of nitrogens with two attached hydrogens (primary N) is 1. The van der Waals surface area contributed by atoms with Gasteiger partial charge >= 0.3 is 0 Å². The van der Waals surface area contributed by atoms with Crippen LogP contribution in [-0.4, -0.2) is 33.8 Å². The number of fused-ring (bicyclic) bond motifs is 3. The first kappa shape index (κ1) is 21.1.